The molecule has 0 N–H and O–H groups in total. The van der Waals surface area contributed by atoms with Crippen molar-refractivity contribution in [3.05, 3.63) is 69.7 Å². The molecule has 4 rings (SSSR count). The lowest BCUT2D eigenvalue weighted by atomic mass is 9.84. The van der Waals surface area contributed by atoms with Gasteiger partial charge in [0.05, 0.1) is 19.4 Å². The van der Waals surface area contributed by atoms with Crippen LogP contribution in [0.1, 0.15) is 62.1 Å². The summed E-state index contributed by atoms with van der Waals surface area (Å²) in [6.45, 7) is 8.48. The van der Waals surface area contributed by atoms with Crippen molar-refractivity contribution in [2.24, 2.45) is 5.92 Å². The van der Waals surface area contributed by atoms with Crippen LogP contribution in [0.15, 0.2) is 36.4 Å². The van der Waals surface area contributed by atoms with E-state index in [1.165, 1.54) is 19.2 Å². The van der Waals surface area contributed by atoms with Crippen molar-refractivity contribution < 1.29 is 23.1 Å². The zero-order valence-corrected chi connectivity index (χ0v) is 22.7. The summed E-state index contributed by atoms with van der Waals surface area (Å²) < 4.78 is 33.3. The number of rotatable bonds is 5. The minimum atomic E-state index is -0.620. The molecule has 2 heterocycles. The summed E-state index contributed by atoms with van der Waals surface area (Å²) in [4.78, 5) is 29.8. The minimum absolute atomic E-state index is 0.0183. The number of carbonyl (C=O) groups excluding carboxylic acids is 2. The van der Waals surface area contributed by atoms with Gasteiger partial charge in [-0.2, -0.15) is 0 Å². The number of esters is 1. The lowest BCUT2D eigenvalue weighted by molar-refractivity contribution is -0.139. The van der Waals surface area contributed by atoms with Crippen LogP contribution in [0.25, 0.3) is 0 Å². The van der Waals surface area contributed by atoms with Gasteiger partial charge < -0.3 is 9.64 Å². The second kappa shape index (κ2) is 11.1. The van der Waals surface area contributed by atoms with E-state index in [0.29, 0.717) is 36.8 Å². The van der Waals surface area contributed by atoms with E-state index in [1.807, 2.05) is 23.1 Å². The molecular weight excluding hydrogens is 498 g/mol. The van der Waals surface area contributed by atoms with Gasteiger partial charge in [-0.05, 0) is 74.4 Å². The molecule has 0 bridgehead atoms. The summed E-state index contributed by atoms with van der Waals surface area (Å²) in [5.41, 5.74) is 2.14. The maximum Gasteiger partial charge on any atom is 0.309 e. The molecule has 2 aliphatic rings. The number of hydrogen-bond acceptors (Lipinski definition) is 4. The van der Waals surface area contributed by atoms with E-state index in [4.69, 9.17) is 16.3 Å². The molecule has 2 aromatic rings. The summed E-state index contributed by atoms with van der Waals surface area (Å²) in [6.07, 6.45) is 1.67. The Hall–Kier alpha value is -2.51. The fraction of sp³-hybridized carbons (Fsp3) is 0.517. The molecule has 0 saturated carbocycles. The summed E-state index contributed by atoms with van der Waals surface area (Å²) >= 11 is 6.19. The number of halogens is 3. The van der Waals surface area contributed by atoms with E-state index in [1.54, 1.807) is 0 Å². The van der Waals surface area contributed by atoms with Crippen LogP contribution in [0.3, 0.4) is 0 Å². The number of ether oxygens (including phenoxy) is 1. The van der Waals surface area contributed by atoms with E-state index in [-0.39, 0.29) is 35.7 Å². The van der Waals surface area contributed by atoms with Crippen LogP contribution in [0.2, 0.25) is 5.02 Å². The average molecular weight is 533 g/mol. The molecule has 0 spiro atoms. The molecule has 37 heavy (non-hydrogen) atoms. The van der Waals surface area contributed by atoms with Crippen molar-refractivity contribution in [2.75, 3.05) is 33.3 Å². The maximum atomic E-state index is 14.8. The minimum Gasteiger partial charge on any atom is -0.469 e. The molecule has 2 saturated heterocycles. The second-order valence-electron chi connectivity index (χ2n) is 11.2. The fourth-order valence-corrected chi connectivity index (χ4v) is 5.91. The highest BCUT2D eigenvalue weighted by molar-refractivity contribution is 6.30. The highest BCUT2D eigenvalue weighted by Gasteiger charge is 2.44. The van der Waals surface area contributed by atoms with Gasteiger partial charge in [-0.1, -0.05) is 23.7 Å². The first kappa shape index (κ1) is 27.5. The van der Waals surface area contributed by atoms with Crippen LogP contribution in [0.4, 0.5) is 8.78 Å². The number of likely N-dealkylation sites (tertiary alicyclic amines) is 2. The van der Waals surface area contributed by atoms with Gasteiger partial charge in [-0.25, -0.2) is 8.78 Å². The zero-order valence-electron chi connectivity index (χ0n) is 21.9. The third kappa shape index (κ3) is 6.15. The molecule has 5 nitrogen and oxygen atoms in total. The van der Waals surface area contributed by atoms with Crippen molar-refractivity contribution >= 4 is 23.5 Å². The van der Waals surface area contributed by atoms with Crippen LogP contribution in [0, 0.1) is 17.6 Å². The molecule has 0 aliphatic carbocycles. The third-order valence-electron chi connectivity index (χ3n) is 7.86. The normalized spacial score (nSPS) is 21.3. The Labute approximate surface area is 222 Å². The summed E-state index contributed by atoms with van der Waals surface area (Å²) in [5, 5.41) is 0.568. The topological polar surface area (TPSA) is 49.9 Å². The van der Waals surface area contributed by atoms with Crippen LogP contribution in [-0.4, -0.2) is 60.5 Å². The van der Waals surface area contributed by atoms with E-state index in [9.17, 15) is 18.4 Å². The largest absolute Gasteiger partial charge is 0.469 e. The zero-order chi connectivity index (χ0) is 26.9. The molecule has 200 valence electrons. The van der Waals surface area contributed by atoms with Gasteiger partial charge in [-0.15, -0.1) is 0 Å². The number of piperidine rings is 1. The van der Waals surface area contributed by atoms with Gasteiger partial charge in [0.1, 0.15) is 11.6 Å². The molecular formula is C29H35ClF2N2O3. The van der Waals surface area contributed by atoms with Crippen LogP contribution >= 0.6 is 11.6 Å². The highest BCUT2D eigenvalue weighted by atomic mass is 35.5. The van der Waals surface area contributed by atoms with E-state index >= 15 is 0 Å². The Morgan fingerprint density at radius 3 is 2.32 bits per heavy atom. The predicted molar refractivity (Wildman–Crippen MR) is 140 cm³/mol. The van der Waals surface area contributed by atoms with Gasteiger partial charge >= 0.3 is 5.97 Å². The molecule has 2 atom stereocenters. The Balaban J connectivity index is 1.51. The lowest BCUT2D eigenvalue weighted by Gasteiger charge is -2.36. The van der Waals surface area contributed by atoms with Crippen LogP contribution in [-0.2, 0) is 20.7 Å². The van der Waals surface area contributed by atoms with Gasteiger partial charge in [-0.3, -0.25) is 14.5 Å². The van der Waals surface area contributed by atoms with E-state index < -0.39 is 17.6 Å². The van der Waals surface area contributed by atoms with Gasteiger partial charge in [0.15, 0.2) is 0 Å². The number of amides is 1. The summed E-state index contributed by atoms with van der Waals surface area (Å²) in [7, 11) is 1.37. The first-order valence-corrected chi connectivity index (χ1v) is 13.2. The van der Waals surface area contributed by atoms with Gasteiger partial charge in [0, 0.05) is 48.7 Å². The summed E-state index contributed by atoms with van der Waals surface area (Å²) in [5.74, 6) is -2.07. The predicted octanol–water partition coefficient (Wildman–Crippen LogP) is 5.55. The monoisotopic (exact) mass is 532 g/mol. The molecule has 0 aromatic heterocycles. The van der Waals surface area contributed by atoms with E-state index in [0.717, 1.165) is 30.0 Å². The fourth-order valence-electron chi connectivity index (χ4n) is 5.72. The molecule has 2 aromatic carbocycles. The Bertz CT molecular complexity index is 1160. The molecule has 0 unspecified atom stereocenters. The van der Waals surface area contributed by atoms with Crippen LogP contribution in [0.5, 0.6) is 0 Å². The van der Waals surface area contributed by atoms with E-state index in [2.05, 4.69) is 25.7 Å². The molecule has 2 fully saturated rings. The van der Waals surface area contributed by atoms with Crippen molar-refractivity contribution in [1.82, 2.24) is 9.80 Å². The maximum absolute atomic E-state index is 14.8. The molecule has 2 aliphatic heterocycles. The van der Waals surface area contributed by atoms with Crippen molar-refractivity contribution in [2.45, 2.75) is 57.4 Å². The van der Waals surface area contributed by atoms with Crippen molar-refractivity contribution in [3.8, 4) is 0 Å². The number of hydrogen-bond donors (Lipinski definition) is 0. The van der Waals surface area contributed by atoms with Crippen molar-refractivity contribution in [3.63, 3.8) is 0 Å². The lowest BCUT2D eigenvalue weighted by Crippen LogP contribution is -2.44. The number of carbonyl (C=O) groups is 2. The first-order valence-electron chi connectivity index (χ1n) is 12.8. The third-order valence-corrected chi connectivity index (χ3v) is 8.10. The smallest absolute Gasteiger partial charge is 0.309 e. The number of benzene rings is 2. The van der Waals surface area contributed by atoms with Gasteiger partial charge in [0.2, 0.25) is 5.91 Å². The Morgan fingerprint density at radius 1 is 1.03 bits per heavy atom. The Morgan fingerprint density at radius 2 is 1.70 bits per heavy atom. The average Bonchev–Trinajstić information content (AvgIpc) is 3.29. The van der Waals surface area contributed by atoms with Crippen LogP contribution < -0.4 is 0 Å². The van der Waals surface area contributed by atoms with Gasteiger partial charge in [0.25, 0.3) is 0 Å². The molecule has 0 radical (unpaired) electrons. The molecule has 8 heteroatoms. The SMILES string of the molecule is COC(=O)Cc1cc(Cl)ccc1C1CCN(C(=O)[C@@H]2CN(C(C)(C)C)C[C@H]2c2ccc(F)cc2F)CC1. The Kier molecular flexibility index (Phi) is 8.24. The highest BCUT2D eigenvalue weighted by Crippen LogP contribution is 2.40. The summed E-state index contributed by atoms with van der Waals surface area (Å²) in [6, 6.07) is 9.26. The first-order chi connectivity index (χ1) is 17.5. The molecule has 1 amide bonds. The van der Waals surface area contributed by atoms with Crippen molar-refractivity contribution in [1.29, 1.82) is 0 Å². The quantitative estimate of drug-likeness (QED) is 0.473. The number of methoxy groups -OCH3 is 1. The number of nitrogens with zero attached hydrogens (tertiary/aromatic N) is 2. The second-order valence-corrected chi connectivity index (χ2v) is 11.6. The standard InChI is InChI=1S/C29H35ClF2N2O3/c1-29(2,3)34-16-24(23-8-6-21(31)15-26(23)32)25(17-34)28(36)33-11-9-18(10-12-33)22-7-5-20(30)13-19(22)14-27(35)37-4/h5-8,13,15,18,24-25H,9-12,14,16-17H2,1-4H3/t24-,25+/m0/s1.